The minimum Gasteiger partial charge on any atom is -0.507 e. The number of rotatable bonds is 3. The number of hydrogen-bond donors (Lipinski definition) is 1. The van der Waals surface area contributed by atoms with Crippen LogP contribution in [-0.2, 0) is 4.74 Å². The highest BCUT2D eigenvalue weighted by atomic mass is 16.5. The summed E-state index contributed by atoms with van der Waals surface area (Å²) < 4.78 is 5.31. The molecule has 0 aliphatic carbocycles. The van der Waals surface area contributed by atoms with E-state index in [0.29, 0.717) is 11.8 Å². The first-order valence-electron chi connectivity index (χ1n) is 5.82. The Kier molecular flexibility index (Phi) is 3.76. The van der Waals surface area contributed by atoms with Crippen molar-refractivity contribution in [3.8, 4) is 5.75 Å². The van der Waals surface area contributed by atoms with Crippen molar-refractivity contribution in [1.29, 1.82) is 0 Å². The van der Waals surface area contributed by atoms with Gasteiger partial charge in [-0.2, -0.15) is 0 Å². The molecule has 4 nitrogen and oxygen atoms in total. The number of morpholine rings is 1. The average Bonchev–Trinajstić information content (AvgIpc) is 2.39. The summed E-state index contributed by atoms with van der Waals surface area (Å²) in [7, 11) is 0. The van der Waals surface area contributed by atoms with Gasteiger partial charge in [-0.3, -0.25) is 9.69 Å². The predicted octanol–water partition coefficient (Wildman–Crippen LogP) is 1.60. The van der Waals surface area contributed by atoms with Crippen molar-refractivity contribution in [1.82, 2.24) is 4.90 Å². The summed E-state index contributed by atoms with van der Waals surface area (Å²) in [4.78, 5) is 13.1. The van der Waals surface area contributed by atoms with Crippen LogP contribution in [0.5, 0.6) is 5.75 Å². The molecule has 0 spiro atoms. The highest BCUT2D eigenvalue weighted by molar-refractivity contribution is 5.79. The monoisotopic (exact) mass is 235 g/mol. The van der Waals surface area contributed by atoms with E-state index in [2.05, 4.69) is 11.8 Å². The second-order valence-electron chi connectivity index (χ2n) is 4.26. The van der Waals surface area contributed by atoms with Gasteiger partial charge in [0.25, 0.3) is 0 Å². The van der Waals surface area contributed by atoms with Crippen LogP contribution in [0.1, 0.15) is 28.9 Å². The normalized spacial score (nSPS) is 18.9. The standard InChI is InChI=1S/C13H17NO3/c1-10(14-4-6-17-7-5-14)11-2-3-13(16)12(8-11)9-15/h2-3,8-10,16H,4-7H2,1H3. The van der Waals surface area contributed by atoms with Gasteiger partial charge in [0.1, 0.15) is 5.75 Å². The number of aromatic hydroxyl groups is 1. The summed E-state index contributed by atoms with van der Waals surface area (Å²) in [5, 5.41) is 9.46. The van der Waals surface area contributed by atoms with Crippen molar-refractivity contribution in [2.75, 3.05) is 26.3 Å². The van der Waals surface area contributed by atoms with E-state index in [9.17, 15) is 9.90 Å². The molecule has 1 aromatic carbocycles. The van der Waals surface area contributed by atoms with Crippen molar-refractivity contribution >= 4 is 6.29 Å². The maximum atomic E-state index is 10.8. The van der Waals surface area contributed by atoms with Crippen molar-refractivity contribution in [3.05, 3.63) is 29.3 Å². The Morgan fingerprint density at radius 2 is 2.12 bits per heavy atom. The van der Waals surface area contributed by atoms with Gasteiger partial charge in [-0.1, -0.05) is 6.07 Å². The number of aldehydes is 1. The SMILES string of the molecule is CC(c1ccc(O)c(C=O)c1)N1CCOCC1. The van der Waals surface area contributed by atoms with E-state index in [4.69, 9.17) is 4.74 Å². The molecule has 1 aromatic rings. The van der Waals surface area contributed by atoms with E-state index in [1.807, 2.05) is 6.07 Å². The Hall–Kier alpha value is -1.39. The van der Waals surface area contributed by atoms with Gasteiger partial charge in [-0.15, -0.1) is 0 Å². The zero-order valence-corrected chi connectivity index (χ0v) is 9.93. The lowest BCUT2D eigenvalue weighted by atomic mass is 10.0. The van der Waals surface area contributed by atoms with E-state index in [1.165, 1.54) is 0 Å². The molecule has 2 rings (SSSR count). The topological polar surface area (TPSA) is 49.8 Å². The van der Waals surface area contributed by atoms with Gasteiger partial charge in [0, 0.05) is 19.1 Å². The number of carbonyl (C=O) groups is 1. The summed E-state index contributed by atoms with van der Waals surface area (Å²) in [6.07, 6.45) is 0.685. The van der Waals surface area contributed by atoms with Crippen LogP contribution in [-0.4, -0.2) is 42.6 Å². The third-order valence-corrected chi connectivity index (χ3v) is 3.25. The van der Waals surface area contributed by atoms with Crippen LogP contribution < -0.4 is 0 Å². The zero-order valence-electron chi connectivity index (χ0n) is 9.93. The fourth-order valence-corrected chi connectivity index (χ4v) is 2.10. The number of phenols is 1. The molecule has 0 amide bonds. The van der Waals surface area contributed by atoms with Gasteiger partial charge in [-0.25, -0.2) is 0 Å². The summed E-state index contributed by atoms with van der Waals surface area (Å²) in [6.45, 7) is 5.41. The molecular formula is C13H17NO3. The second kappa shape index (κ2) is 5.29. The van der Waals surface area contributed by atoms with E-state index < -0.39 is 0 Å². The molecule has 1 aliphatic rings. The lowest BCUT2D eigenvalue weighted by Crippen LogP contribution is -2.38. The number of nitrogens with zero attached hydrogens (tertiary/aromatic N) is 1. The molecule has 1 aliphatic heterocycles. The summed E-state index contributed by atoms with van der Waals surface area (Å²) >= 11 is 0. The molecule has 1 unspecified atom stereocenters. The summed E-state index contributed by atoms with van der Waals surface area (Å²) in [6, 6.07) is 5.43. The Balaban J connectivity index is 2.17. The van der Waals surface area contributed by atoms with Crippen LogP contribution in [0.4, 0.5) is 0 Å². The predicted molar refractivity (Wildman–Crippen MR) is 64.3 cm³/mol. The molecule has 0 bridgehead atoms. The average molecular weight is 235 g/mol. The fourth-order valence-electron chi connectivity index (χ4n) is 2.10. The first-order chi connectivity index (χ1) is 8.22. The molecule has 0 aromatic heterocycles. The number of ether oxygens (including phenoxy) is 1. The van der Waals surface area contributed by atoms with Crippen molar-refractivity contribution in [2.24, 2.45) is 0 Å². The third-order valence-electron chi connectivity index (χ3n) is 3.25. The molecule has 0 saturated carbocycles. The van der Waals surface area contributed by atoms with E-state index in [0.717, 1.165) is 31.9 Å². The smallest absolute Gasteiger partial charge is 0.153 e. The number of hydrogen-bond acceptors (Lipinski definition) is 4. The Labute approximate surface area is 101 Å². The van der Waals surface area contributed by atoms with Crippen LogP contribution in [0.3, 0.4) is 0 Å². The van der Waals surface area contributed by atoms with Crippen LogP contribution in [0.25, 0.3) is 0 Å². The minimum atomic E-state index is 0.0397. The highest BCUT2D eigenvalue weighted by Crippen LogP contribution is 2.25. The van der Waals surface area contributed by atoms with Crippen molar-refractivity contribution < 1.29 is 14.6 Å². The van der Waals surface area contributed by atoms with Gasteiger partial charge in [0.05, 0.1) is 18.8 Å². The molecule has 0 radical (unpaired) electrons. The third kappa shape index (κ3) is 2.65. The Morgan fingerprint density at radius 3 is 2.76 bits per heavy atom. The lowest BCUT2D eigenvalue weighted by molar-refractivity contribution is 0.0198. The van der Waals surface area contributed by atoms with Gasteiger partial charge in [-0.05, 0) is 24.6 Å². The fraction of sp³-hybridized carbons (Fsp3) is 0.462. The van der Waals surface area contributed by atoms with Crippen LogP contribution >= 0.6 is 0 Å². The first kappa shape index (κ1) is 12.1. The number of carbonyl (C=O) groups excluding carboxylic acids is 1. The maximum Gasteiger partial charge on any atom is 0.153 e. The molecule has 1 saturated heterocycles. The molecule has 4 heteroatoms. The Bertz CT molecular complexity index is 400. The van der Waals surface area contributed by atoms with Crippen molar-refractivity contribution in [3.63, 3.8) is 0 Å². The first-order valence-corrected chi connectivity index (χ1v) is 5.82. The highest BCUT2D eigenvalue weighted by Gasteiger charge is 2.19. The van der Waals surface area contributed by atoms with Crippen LogP contribution in [0.2, 0.25) is 0 Å². The zero-order chi connectivity index (χ0) is 12.3. The Morgan fingerprint density at radius 1 is 1.41 bits per heavy atom. The molecule has 1 fully saturated rings. The number of phenolic OH excluding ortho intramolecular Hbond substituents is 1. The van der Waals surface area contributed by atoms with Crippen molar-refractivity contribution in [2.45, 2.75) is 13.0 Å². The van der Waals surface area contributed by atoms with E-state index >= 15 is 0 Å². The molecule has 1 heterocycles. The van der Waals surface area contributed by atoms with Gasteiger partial charge < -0.3 is 9.84 Å². The molecule has 1 N–H and O–H groups in total. The quantitative estimate of drug-likeness (QED) is 0.808. The summed E-state index contributed by atoms with van der Waals surface area (Å²) in [5.41, 5.74) is 1.40. The largest absolute Gasteiger partial charge is 0.507 e. The number of benzene rings is 1. The van der Waals surface area contributed by atoms with Gasteiger partial charge in [0.15, 0.2) is 6.29 Å². The second-order valence-corrected chi connectivity index (χ2v) is 4.26. The molecular weight excluding hydrogens is 218 g/mol. The minimum absolute atomic E-state index is 0.0397. The lowest BCUT2D eigenvalue weighted by Gasteiger charge is -2.32. The molecule has 1 atom stereocenters. The maximum absolute atomic E-state index is 10.8. The van der Waals surface area contributed by atoms with Gasteiger partial charge in [0.2, 0.25) is 0 Å². The van der Waals surface area contributed by atoms with E-state index in [1.54, 1.807) is 12.1 Å². The summed E-state index contributed by atoms with van der Waals surface area (Å²) in [5.74, 6) is 0.0397. The van der Waals surface area contributed by atoms with Gasteiger partial charge >= 0.3 is 0 Å². The molecule has 92 valence electrons. The van der Waals surface area contributed by atoms with Crippen LogP contribution in [0, 0.1) is 0 Å². The van der Waals surface area contributed by atoms with E-state index in [-0.39, 0.29) is 11.8 Å². The van der Waals surface area contributed by atoms with Crippen LogP contribution in [0.15, 0.2) is 18.2 Å². The molecule has 17 heavy (non-hydrogen) atoms.